The van der Waals surface area contributed by atoms with Gasteiger partial charge in [-0.25, -0.2) is 13.1 Å². The molecule has 1 aromatic heterocycles. The standard InChI is InChI=1S/C9H10Cl2N2O2S2/c10-7-1-6(9(11)16-7)17(14,15)13-8-4-2-12-3-5(4)8/h1,4-5,8,12-13H,2-3H2. The summed E-state index contributed by atoms with van der Waals surface area (Å²) in [7, 11) is -3.53. The van der Waals surface area contributed by atoms with Crippen LogP contribution in [0.1, 0.15) is 0 Å². The van der Waals surface area contributed by atoms with Gasteiger partial charge in [0, 0.05) is 6.04 Å². The van der Waals surface area contributed by atoms with E-state index in [2.05, 4.69) is 10.0 Å². The highest BCUT2D eigenvalue weighted by atomic mass is 35.5. The van der Waals surface area contributed by atoms with Crippen molar-refractivity contribution >= 4 is 44.6 Å². The van der Waals surface area contributed by atoms with Crippen molar-refractivity contribution in [3.63, 3.8) is 0 Å². The monoisotopic (exact) mass is 312 g/mol. The number of fused-ring (bicyclic) bond motifs is 1. The van der Waals surface area contributed by atoms with Gasteiger partial charge in [-0.15, -0.1) is 11.3 Å². The summed E-state index contributed by atoms with van der Waals surface area (Å²) in [6, 6.07) is 1.45. The van der Waals surface area contributed by atoms with Gasteiger partial charge in [-0.2, -0.15) is 0 Å². The molecule has 2 aliphatic rings. The van der Waals surface area contributed by atoms with Crippen molar-refractivity contribution in [2.24, 2.45) is 11.8 Å². The van der Waals surface area contributed by atoms with Crippen molar-refractivity contribution < 1.29 is 8.42 Å². The molecule has 1 saturated carbocycles. The molecule has 94 valence electrons. The third-order valence-corrected chi connectivity index (χ3v) is 6.51. The number of hydrogen-bond donors (Lipinski definition) is 2. The number of piperidine rings is 1. The molecule has 2 atom stereocenters. The average molecular weight is 313 g/mol. The maximum Gasteiger partial charge on any atom is 0.243 e. The minimum absolute atomic E-state index is 0.0518. The Morgan fingerprint density at radius 2 is 2.00 bits per heavy atom. The van der Waals surface area contributed by atoms with Gasteiger partial charge in [0.15, 0.2) is 0 Å². The lowest BCUT2D eigenvalue weighted by Gasteiger charge is -2.07. The van der Waals surface area contributed by atoms with Crippen LogP contribution in [0.5, 0.6) is 0 Å². The van der Waals surface area contributed by atoms with Crippen LogP contribution in [0, 0.1) is 11.8 Å². The molecule has 0 bridgehead atoms. The van der Waals surface area contributed by atoms with E-state index in [1.54, 1.807) is 0 Å². The van der Waals surface area contributed by atoms with E-state index in [0.717, 1.165) is 24.4 Å². The molecule has 1 aliphatic carbocycles. The number of sulfonamides is 1. The fraction of sp³-hybridized carbons (Fsp3) is 0.556. The molecule has 0 radical (unpaired) electrons. The van der Waals surface area contributed by atoms with Gasteiger partial charge in [-0.1, -0.05) is 23.2 Å². The molecule has 2 unspecified atom stereocenters. The van der Waals surface area contributed by atoms with Crippen LogP contribution in [-0.4, -0.2) is 27.5 Å². The zero-order valence-electron chi connectivity index (χ0n) is 8.61. The highest BCUT2D eigenvalue weighted by Crippen LogP contribution is 2.43. The van der Waals surface area contributed by atoms with Crippen molar-refractivity contribution in [1.29, 1.82) is 0 Å². The van der Waals surface area contributed by atoms with Crippen LogP contribution < -0.4 is 10.0 Å². The molecule has 1 aromatic rings. The first-order valence-corrected chi connectivity index (χ1v) is 8.22. The Balaban J connectivity index is 1.80. The number of thiophene rings is 1. The fourth-order valence-electron chi connectivity index (χ4n) is 2.34. The molecule has 0 aromatic carbocycles. The predicted molar refractivity (Wildman–Crippen MR) is 68.3 cm³/mol. The maximum atomic E-state index is 12.1. The largest absolute Gasteiger partial charge is 0.316 e. The van der Waals surface area contributed by atoms with Crippen molar-refractivity contribution in [3.05, 3.63) is 14.7 Å². The Bertz CT molecular complexity index is 547. The quantitative estimate of drug-likeness (QED) is 0.890. The Hall–Kier alpha value is 0.150. The van der Waals surface area contributed by atoms with E-state index in [1.807, 2.05) is 0 Å². The highest BCUT2D eigenvalue weighted by Gasteiger charge is 2.54. The average Bonchev–Trinajstić information content (AvgIpc) is 2.68. The third-order valence-electron chi connectivity index (χ3n) is 3.30. The molecular formula is C9H10Cl2N2O2S2. The smallest absolute Gasteiger partial charge is 0.243 e. The highest BCUT2D eigenvalue weighted by molar-refractivity contribution is 7.89. The lowest BCUT2D eigenvalue weighted by molar-refractivity contribution is 0.565. The maximum absolute atomic E-state index is 12.1. The SMILES string of the molecule is O=S(=O)(NC1C2CNCC21)c1cc(Cl)sc1Cl. The first kappa shape index (κ1) is 12.2. The predicted octanol–water partition coefficient (Wildman–Crippen LogP) is 1.55. The molecule has 2 N–H and O–H groups in total. The summed E-state index contributed by atoms with van der Waals surface area (Å²) in [6.07, 6.45) is 0. The van der Waals surface area contributed by atoms with Gasteiger partial charge in [0.2, 0.25) is 10.0 Å². The zero-order valence-corrected chi connectivity index (χ0v) is 11.8. The van der Waals surface area contributed by atoms with Crippen molar-refractivity contribution in [3.8, 4) is 0 Å². The molecule has 8 heteroatoms. The van der Waals surface area contributed by atoms with Gasteiger partial charge in [0.05, 0.1) is 4.34 Å². The Labute approximate surface area is 113 Å². The van der Waals surface area contributed by atoms with Crippen LogP contribution in [0.2, 0.25) is 8.67 Å². The van der Waals surface area contributed by atoms with Gasteiger partial charge in [0.1, 0.15) is 9.23 Å². The van der Waals surface area contributed by atoms with Crippen LogP contribution in [0.4, 0.5) is 0 Å². The van der Waals surface area contributed by atoms with E-state index < -0.39 is 10.0 Å². The molecule has 2 fully saturated rings. The van der Waals surface area contributed by atoms with E-state index in [0.29, 0.717) is 16.2 Å². The molecule has 1 aliphatic heterocycles. The van der Waals surface area contributed by atoms with Crippen LogP contribution in [-0.2, 0) is 10.0 Å². The van der Waals surface area contributed by atoms with Crippen molar-refractivity contribution in [2.45, 2.75) is 10.9 Å². The van der Waals surface area contributed by atoms with E-state index in [-0.39, 0.29) is 15.3 Å². The van der Waals surface area contributed by atoms with Crippen molar-refractivity contribution in [1.82, 2.24) is 10.0 Å². The van der Waals surface area contributed by atoms with E-state index in [1.165, 1.54) is 6.07 Å². The second-order valence-corrected chi connectivity index (χ2v) is 8.29. The molecule has 0 amide bonds. The van der Waals surface area contributed by atoms with E-state index in [9.17, 15) is 8.42 Å². The number of halogens is 2. The normalized spacial score (nSPS) is 31.5. The second-order valence-electron chi connectivity index (χ2n) is 4.32. The van der Waals surface area contributed by atoms with E-state index >= 15 is 0 Å². The Morgan fingerprint density at radius 3 is 2.53 bits per heavy atom. The van der Waals surface area contributed by atoms with Gasteiger partial charge in [-0.05, 0) is 31.0 Å². The minimum atomic E-state index is -3.53. The van der Waals surface area contributed by atoms with Crippen molar-refractivity contribution in [2.75, 3.05) is 13.1 Å². The van der Waals surface area contributed by atoms with Gasteiger partial charge >= 0.3 is 0 Å². The van der Waals surface area contributed by atoms with E-state index in [4.69, 9.17) is 23.2 Å². The summed E-state index contributed by atoms with van der Waals surface area (Å²) in [4.78, 5) is 0.0899. The lowest BCUT2D eigenvalue weighted by Crippen LogP contribution is -2.32. The molecule has 3 rings (SSSR count). The number of hydrogen-bond acceptors (Lipinski definition) is 4. The second kappa shape index (κ2) is 4.08. The van der Waals surface area contributed by atoms with Crippen LogP contribution in [0.3, 0.4) is 0 Å². The first-order chi connectivity index (χ1) is 7.99. The third kappa shape index (κ3) is 2.11. The summed E-state index contributed by atoms with van der Waals surface area (Å²) >= 11 is 12.7. The minimum Gasteiger partial charge on any atom is -0.316 e. The lowest BCUT2D eigenvalue weighted by atomic mass is 10.4. The Morgan fingerprint density at radius 1 is 1.35 bits per heavy atom. The summed E-state index contributed by atoms with van der Waals surface area (Å²) < 4.78 is 27.5. The molecule has 17 heavy (non-hydrogen) atoms. The van der Waals surface area contributed by atoms with Gasteiger partial charge in [-0.3, -0.25) is 0 Å². The van der Waals surface area contributed by atoms with Gasteiger partial charge in [0.25, 0.3) is 0 Å². The zero-order chi connectivity index (χ0) is 12.2. The summed E-state index contributed by atoms with van der Waals surface area (Å²) in [5, 5.41) is 3.21. The van der Waals surface area contributed by atoms with Crippen LogP contribution in [0.15, 0.2) is 11.0 Å². The first-order valence-electron chi connectivity index (χ1n) is 5.17. The molecule has 0 spiro atoms. The fourth-order valence-corrected chi connectivity index (χ4v) is 5.83. The molecule has 1 saturated heterocycles. The molecule has 2 heterocycles. The summed E-state index contributed by atoms with van der Waals surface area (Å²) in [5.74, 6) is 0.857. The topological polar surface area (TPSA) is 58.2 Å². The Kier molecular flexibility index (Phi) is 2.93. The van der Waals surface area contributed by atoms with Crippen LogP contribution >= 0.6 is 34.5 Å². The van der Waals surface area contributed by atoms with Gasteiger partial charge < -0.3 is 5.32 Å². The number of nitrogens with one attached hydrogen (secondary N) is 2. The summed E-state index contributed by atoms with van der Waals surface area (Å²) in [6.45, 7) is 1.77. The summed E-state index contributed by atoms with van der Waals surface area (Å²) in [5.41, 5.74) is 0. The number of rotatable bonds is 3. The molecule has 4 nitrogen and oxygen atoms in total. The van der Waals surface area contributed by atoms with Crippen LogP contribution in [0.25, 0.3) is 0 Å². The molecular weight excluding hydrogens is 303 g/mol.